The van der Waals surface area contributed by atoms with Crippen LogP contribution >= 0.6 is 31.9 Å². The van der Waals surface area contributed by atoms with Gasteiger partial charge in [-0.25, -0.2) is 19.6 Å². The van der Waals surface area contributed by atoms with E-state index in [1.165, 1.54) is 39.7 Å². The Morgan fingerprint density at radius 2 is 1.26 bits per heavy atom. The molecule has 0 spiro atoms. The Labute approximate surface area is 190 Å². The van der Waals surface area contributed by atoms with Crippen molar-refractivity contribution in [2.75, 3.05) is 0 Å². The van der Waals surface area contributed by atoms with Crippen LogP contribution < -0.4 is 9.80 Å². The Balaban J connectivity index is 0.000000817. The van der Waals surface area contributed by atoms with Gasteiger partial charge in [0.15, 0.2) is 0 Å². The van der Waals surface area contributed by atoms with E-state index < -0.39 is 0 Å². The van der Waals surface area contributed by atoms with E-state index in [4.69, 9.17) is 0 Å². The molecule has 1 aliphatic heterocycles. The molecule has 0 aromatic heterocycles. The van der Waals surface area contributed by atoms with E-state index in [1.54, 1.807) is 0 Å². The molecule has 0 unspecified atom stereocenters. The zero-order valence-electron chi connectivity index (χ0n) is 16.0. The molecule has 2 aromatic rings. The zero-order chi connectivity index (χ0) is 20.4. The third-order valence-electron chi connectivity index (χ3n) is 4.40. The second-order valence-electron chi connectivity index (χ2n) is 6.51. The van der Waals surface area contributed by atoms with Gasteiger partial charge >= 0.3 is 172 Å². The molecule has 1 heterocycles. The average molecular weight is 583 g/mol. The summed E-state index contributed by atoms with van der Waals surface area (Å²) in [6, 6.07) is 8.73. The average Bonchev–Trinajstić information content (AvgIpc) is 2.88. The maximum atomic E-state index is 3.62. The fourth-order valence-electron chi connectivity index (χ4n) is 3.74. The summed E-state index contributed by atoms with van der Waals surface area (Å²) in [6.45, 7) is 15.2. The molecule has 0 saturated heterocycles. The Hall–Kier alpha value is -0.958. The Kier molecular flexibility index (Phi) is 7.47. The number of aryl methyl sites for hydroxylation is 4. The van der Waals surface area contributed by atoms with Gasteiger partial charge in [-0.15, -0.1) is 0 Å². The van der Waals surface area contributed by atoms with Crippen LogP contribution in [0.1, 0.15) is 22.3 Å². The third-order valence-corrected chi connectivity index (χ3v) is 6.09. The summed E-state index contributed by atoms with van der Waals surface area (Å²) in [6.07, 6.45) is 5.73. The van der Waals surface area contributed by atoms with Crippen LogP contribution in [-0.2, 0) is 18.7 Å². The SMILES string of the molecule is C=C[CH2-].Cc1cc(Br)cc(C)c1[N+]1(c2c(C)cc(Br)cc2C)C=CN[C]1=[Pd]. The summed E-state index contributed by atoms with van der Waals surface area (Å²) >= 11 is 10.7. The number of hydrogen-bond acceptors (Lipinski definition) is 1. The summed E-state index contributed by atoms with van der Waals surface area (Å²) < 4.78 is 3.82. The number of allylic oxidation sites excluding steroid dienone is 1. The Morgan fingerprint density at radius 1 is 0.926 bits per heavy atom. The number of nitrogens with one attached hydrogen (secondary N) is 1. The molecule has 146 valence electrons. The minimum atomic E-state index is 0.554. The molecule has 0 amide bonds. The minimum absolute atomic E-state index is 0.554. The van der Waals surface area contributed by atoms with Gasteiger partial charge in [-0.3, -0.25) is 0 Å². The molecule has 0 aliphatic carbocycles. The van der Waals surface area contributed by atoms with Crippen LogP contribution in [0.2, 0.25) is 0 Å². The van der Waals surface area contributed by atoms with Crippen molar-refractivity contribution < 1.29 is 18.7 Å². The standard InChI is InChI=1S/C19H19Br2N2.C3H5.Pd/c1-12-7-16(20)8-13(2)18(12)23(6-5-22-11-23)19-14(3)9-17(21)10-15(19)4;1-3-2;/h5-10,22H,1-4H3;3H,1-2H2;/q+1;-1;. The topological polar surface area (TPSA) is 12.0 Å². The van der Waals surface area contributed by atoms with Crippen molar-refractivity contribution in [2.45, 2.75) is 27.7 Å². The monoisotopic (exact) mass is 580 g/mol. The first-order valence-electron chi connectivity index (χ1n) is 8.46. The summed E-state index contributed by atoms with van der Waals surface area (Å²) in [4.78, 5) is 0. The van der Waals surface area contributed by atoms with Gasteiger partial charge in [-0.2, -0.15) is 0 Å². The van der Waals surface area contributed by atoms with Gasteiger partial charge in [-0.1, -0.05) is 0 Å². The second-order valence-corrected chi connectivity index (χ2v) is 9.08. The molecule has 3 rings (SSSR count). The number of rotatable bonds is 2. The van der Waals surface area contributed by atoms with Crippen molar-refractivity contribution >= 4 is 47.5 Å². The molecule has 1 N–H and O–H groups in total. The molecule has 1 aliphatic rings. The quantitative estimate of drug-likeness (QED) is 0.233. The number of quaternary nitrogens is 1. The van der Waals surface area contributed by atoms with E-state index >= 15 is 0 Å². The summed E-state index contributed by atoms with van der Waals surface area (Å²) in [5.74, 6) is 0. The predicted octanol–water partition coefficient (Wildman–Crippen LogP) is 6.80. The summed E-state index contributed by atoms with van der Waals surface area (Å²) in [5.41, 5.74) is 7.55. The third kappa shape index (κ3) is 4.23. The molecule has 0 radical (unpaired) electrons. The van der Waals surface area contributed by atoms with Crippen molar-refractivity contribution in [1.29, 1.82) is 0 Å². The maximum absolute atomic E-state index is 3.62. The second kappa shape index (κ2) is 9.03. The van der Waals surface area contributed by atoms with E-state index in [9.17, 15) is 0 Å². The fourth-order valence-corrected chi connectivity index (χ4v) is 5.70. The molecule has 0 fully saturated rings. The molecular weight excluding hydrogens is 558 g/mol. The molecule has 27 heavy (non-hydrogen) atoms. The number of hydrogen-bond donors (Lipinski definition) is 1. The zero-order valence-corrected chi connectivity index (χ0v) is 20.7. The van der Waals surface area contributed by atoms with Gasteiger partial charge in [0.1, 0.15) is 0 Å². The molecule has 0 atom stereocenters. The van der Waals surface area contributed by atoms with Crippen molar-refractivity contribution in [3.05, 3.63) is 87.4 Å². The van der Waals surface area contributed by atoms with E-state index in [0.29, 0.717) is 4.48 Å². The van der Waals surface area contributed by atoms with Crippen molar-refractivity contribution in [2.24, 2.45) is 0 Å². The summed E-state index contributed by atoms with van der Waals surface area (Å²) in [5, 5.41) is 3.36. The Morgan fingerprint density at radius 3 is 1.52 bits per heavy atom. The van der Waals surface area contributed by atoms with Crippen LogP contribution in [0.15, 0.2) is 58.3 Å². The van der Waals surface area contributed by atoms with E-state index in [1.807, 2.05) is 6.20 Å². The molecule has 0 saturated carbocycles. The first kappa shape index (κ1) is 22.3. The predicted molar refractivity (Wildman–Crippen MR) is 122 cm³/mol. The fraction of sp³-hybridized carbons (Fsp3) is 0.182. The molecule has 2 nitrogen and oxygen atoms in total. The van der Waals surface area contributed by atoms with Crippen molar-refractivity contribution in [1.82, 2.24) is 9.80 Å². The first-order valence-corrected chi connectivity index (χ1v) is 10.8. The van der Waals surface area contributed by atoms with Crippen LogP contribution in [0, 0.1) is 34.6 Å². The van der Waals surface area contributed by atoms with Crippen LogP contribution in [0.5, 0.6) is 0 Å². The van der Waals surface area contributed by atoms with Crippen LogP contribution in [-0.4, -0.2) is 4.23 Å². The summed E-state index contributed by atoms with van der Waals surface area (Å²) in [7, 11) is 0. The first-order chi connectivity index (χ1) is 12.7. The van der Waals surface area contributed by atoms with Crippen molar-refractivity contribution in [3.63, 3.8) is 0 Å². The van der Waals surface area contributed by atoms with Gasteiger partial charge in [0.05, 0.1) is 0 Å². The van der Waals surface area contributed by atoms with Gasteiger partial charge < -0.3 is 0 Å². The Bertz CT molecular complexity index is 828. The number of benzene rings is 2. The molecule has 0 bridgehead atoms. The van der Waals surface area contributed by atoms with Crippen LogP contribution in [0.4, 0.5) is 11.4 Å². The molecule has 2 aromatic carbocycles. The van der Waals surface area contributed by atoms with Crippen molar-refractivity contribution in [3.8, 4) is 0 Å². The van der Waals surface area contributed by atoms with Gasteiger partial charge in [0, 0.05) is 0 Å². The van der Waals surface area contributed by atoms with Crippen LogP contribution in [0.3, 0.4) is 0 Å². The number of halogens is 2. The van der Waals surface area contributed by atoms with E-state index in [2.05, 4.69) is 128 Å². The molecule has 5 heteroatoms. The molecular formula is C22H24Br2N2Pd. The van der Waals surface area contributed by atoms with E-state index in [0.717, 1.165) is 13.2 Å². The van der Waals surface area contributed by atoms with Gasteiger partial charge in [0.25, 0.3) is 0 Å². The normalized spacial score (nSPS) is 14.4. The van der Waals surface area contributed by atoms with Gasteiger partial charge in [0.2, 0.25) is 0 Å². The van der Waals surface area contributed by atoms with Gasteiger partial charge in [-0.05, 0) is 0 Å². The van der Waals surface area contributed by atoms with E-state index in [-0.39, 0.29) is 0 Å². The van der Waals surface area contributed by atoms with Crippen LogP contribution in [0.25, 0.3) is 0 Å². The number of nitrogens with zero attached hydrogens (tertiary/aromatic N) is 1.